The Hall–Kier alpha value is -4.12. The number of nitrogens with one attached hydrogen (secondary N) is 4. The fraction of sp³-hybridized carbons (Fsp3) is 0.150. The maximum atomic E-state index is 12.7. The summed E-state index contributed by atoms with van der Waals surface area (Å²) in [6.45, 7) is 0.525. The number of rotatable bonds is 5. The molecule has 32 heavy (non-hydrogen) atoms. The molecule has 0 bridgehead atoms. The minimum absolute atomic E-state index is 0.112. The number of aromatic nitrogens is 6. The number of amides is 1. The smallest absolute Gasteiger partial charge is 0.255 e. The molecular formula is C20H18ClN9O2. The van der Waals surface area contributed by atoms with Crippen LogP contribution in [0.4, 0.5) is 23.1 Å². The number of phenolic OH excluding ortho intramolecular Hbond substituents is 1. The fourth-order valence-electron chi connectivity index (χ4n) is 3.52. The lowest BCUT2D eigenvalue weighted by Crippen LogP contribution is -2.31. The Kier molecular flexibility index (Phi) is 4.86. The van der Waals surface area contributed by atoms with Crippen LogP contribution in [-0.2, 0) is 13.5 Å². The van der Waals surface area contributed by atoms with Crippen molar-refractivity contribution in [1.29, 1.82) is 0 Å². The topological polar surface area (TPSA) is 146 Å². The number of phenols is 1. The summed E-state index contributed by atoms with van der Waals surface area (Å²) in [6, 6.07) is 6.68. The standard InChI is InChI=1S/C20H18ClN9O2/c1-30-24-9-14(29-30)28-20-23-8-6-12(27-20)16-17(15-11(25-16)5-7-22-19(15)32)26-13-4-2-3-10(21)18(13)31/h2-4,6,8-9,25-26,31H,5,7H2,1H3,(H,22,32)(H,23,27,28,29). The monoisotopic (exact) mass is 451 g/mol. The van der Waals surface area contributed by atoms with E-state index in [1.165, 1.54) is 4.80 Å². The average molecular weight is 452 g/mol. The predicted molar refractivity (Wildman–Crippen MR) is 119 cm³/mol. The third-order valence-electron chi connectivity index (χ3n) is 4.96. The van der Waals surface area contributed by atoms with E-state index in [0.29, 0.717) is 53.1 Å². The SMILES string of the molecule is Cn1ncc(Nc2nccc(-c3[nH]c4c(c3Nc3cccc(Cl)c3O)C(=O)NCC4)n2)n1. The van der Waals surface area contributed by atoms with E-state index in [2.05, 4.69) is 41.1 Å². The van der Waals surface area contributed by atoms with Crippen LogP contribution < -0.4 is 16.0 Å². The van der Waals surface area contributed by atoms with Crippen molar-refractivity contribution in [3.8, 4) is 17.1 Å². The number of halogens is 1. The van der Waals surface area contributed by atoms with Gasteiger partial charge < -0.3 is 26.0 Å². The number of carbonyl (C=O) groups excluding carboxylic acids is 1. The highest BCUT2D eigenvalue weighted by molar-refractivity contribution is 6.32. The van der Waals surface area contributed by atoms with E-state index >= 15 is 0 Å². The van der Waals surface area contributed by atoms with Crippen LogP contribution in [0.1, 0.15) is 16.1 Å². The maximum absolute atomic E-state index is 12.7. The highest BCUT2D eigenvalue weighted by atomic mass is 35.5. The van der Waals surface area contributed by atoms with Gasteiger partial charge in [-0.25, -0.2) is 9.97 Å². The first kappa shape index (κ1) is 19.8. The second kappa shape index (κ2) is 7.85. The largest absolute Gasteiger partial charge is 0.504 e. The molecule has 3 aromatic heterocycles. The van der Waals surface area contributed by atoms with Crippen LogP contribution >= 0.6 is 11.6 Å². The number of benzene rings is 1. The van der Waals surface area contributed by atoms with Crippen molar-refractivity contribution < 1.29 is 9.90 Å². The van der Waals surface area contributed by atoms with Crippen LogP contribution in [0.25, 0.3) is 11.4 Å². The zero-order chi connectivity index (χ0) is 22.2. The van der Waals surface area contributed by atoms with E-state index < -0.39 is 0 Å². The Morgan fingerprint density at radius 3 is 2.94 bits per heavy atom. The van der Waals surface area contributed by atoms with E-state index in [-0.39, 0.29) is 16.7 Å². The molecule has 1 amide bonds. The zero-order valence-electron chi connectivity index (χ0n) is 16.8. The molecule has 0 fully saturated rings. The summed E-state index contributed by atoms with van der Waals surface area (Å²) >= 11 is 6.06. The molecule has 1 aliphatic rings. The number of aromatic hydroxyl groups is 1. The van der Waals surface area contributed by atoms with Crippen LogP contribution in [0.5, 0.6) is 5.75 Å². The fourth-order valence-corrected chi connectivity index (χ4v) is 3.70. The van der Waals surface area contributed by atoms with Gasteiger partial charge in [-0.2, -0.15) is 9.90 Å². The van der Waals surface area contributed by atoms with Gasteiger partial charge in [0.15, 0.2) is 11.6 Å². The number of fused-ring (bicyclic) bond motifs is 1. The molecule has 0 unspecified atom stereocenters. The molecule has 0 aliphatic carbocycles. The van der Waals surface area contributed by atoms with Gasteiger partial charge in [0, 0.05) is 31.9 Å². The van der Waals surface area contributed by atoms with E-state index in [9.17, 15) is 9.90 Å². The summed E-state index contributed by atoms with van der Waals surface area (Å²) < 4.78 is 0. The number of nitrogens with zero attached hydrogens (tertiary/aromatic N) is 5. The van der Waals surface area contributed by atoms with Crippen LogP contribution in [0.15, 0.2) is 36.7 Å². The summed E-state index contributed by atoms with van der Waals surface area (Å²) in [5.74, 6) is 0.484. The van der Waals surface area contributed by atoms with E-state index in [1.54, 1.807) is 43.7 Å². The highest BCUT2D eigenvalue weighted by Crippen LogP contribution is 2.40. The molecule has 0 saturated heterocycles. The first-order chi connectivity index (χ1) is 15.5. The molecule has 0 atom stereocenters. The minimum atomic E-state index is -0.218. The number of aromatic amines is 1. The summed E-state index contributed by atoms with van der Waals surface area (Å²) in [5, 5.41) is 27.8. The van der Waals surface area contributed by atoms with E-state index in [1.807, 2.05) is 0 Å². The minimum Gasteiger partial charge on any atom is -0.504 e. The van der Waals surface area contributed by atoms with Gasteiger partial charge in [0.2, 0.25) is 5.95 Å². The highest BCUT2D eigenvalue weighted by Gasteiger charge is 2.28. The lowest BCUT2D eigenvalue weighted by molar-refractivity contribution is 0.0947. The molecule has 1 aromatic carbocycles. The first-order valence-corrected chi connectivity index (χ1v) is 10.1. The van der Waals surface area contributed by atoms with Crippen LogP contribution in [0.2, 0.25) is 5.02 Å². The quantitative estimate of drug-likeness (QED) is 0.291. The average Bonchev–Trinajstić information content (AvgIpc) is 3.35. The van der Waals surface area contributed by atoms with Crippen molar-refractivity contribution in [3.05, 3.63) is 52.9 Å². The number of anilines is 4. The Morgan fingerprint density at radius 1 is 1.25 bits per heavy atom. The summed E-state index contributed by atoms with van der Waals surface area (Å²) in [4.78, 5) is 26.2. The lowest BCUT2D eigenvalue weighted by atomic mass is 10.1. The maximum Gasteiger partial charge on any atom is 0.255 e. The molecule has 1 aliphatic heterocycles. The predicted octanol–water partition coefficient (Wildman–Crippen LogP) is 2.73. The van der Waals surface area contributed by atoms with Crippen LogP contribution in [-0.4, -0.2) is 47.5 Å². The molecule has 162 valence electrons. The number of carbonyl (C=O) groups is 1. The second-order valence-corrected chi connectivity index (χ2v) is 7.51. The number of para-hydroxylation sites is 1. The van der Waals surface area contributed by atoms with Crippen molar-refractivity contribution >= 4 is 40.6 Å². The molecule has 0 saturated carbocycles. The molecule has 11 nitrogen and oxygen atoms in total. The molecule has 4 heterocycles. The third kappa shape index (κ3) is 3.58. The third-order valence-corrected chi connectivity index (χ3v) is 5.27. The molecule has 12 heteroatoms. The van der Waals surface area contributed by atoms with Crippen molar-refractivity contribution in [3.63, 3.8) is 0 Å². The Balaban J connectivity index is 1.59. The van der Waals surface area contributed by atoms with Gasteiger partial charge in [0.1, 0.15) is 0 Å². The van der Waals surface area contributed by atoms with Crippen molar-refractivity contribution in [2.75, 3.05) is 17.2 Å². The molecule has 5 N–H and O–H groups in total. The molecule has 0 radical (unpaired) electrons. The van der Waals surface area contributed by atoms with Crippen molar-refractivity contribution in [1.82, 2.24) is 35.3 Å². The van der Waals surface area contributed by atoms with E-state index in [4.69, 9.17) is 11.6 Å². The number of hydrogen-bond donors (Lipinski definition) is 5. The lowest BCUT2D eigenvalue weighted by Gasteiger charge is -2.15. The normalized spacial score (nSPS) is 12.9. The zero-order valence-corrected chi connectivity index (χ0v) is 17.6. The molecule has 0 spiro atoms. The van der Waals surface area contributed by atoms with Gasteiger partial charge in [-0.15, -0.1) is 5.10 Å². The van der Waals surface area contributed by atoms with Crippen LogP contribution in [0.3, 0.4) is 0 Å². The number of H-pyrrole nitrogens is 1. The van der Waals surface area contributed by atoms with Crippen molar-refractivity contribution in [2.24, 2.45) is 7.05 Å². The second-order valence-electron chi connectivity index (χ2n) is 7.11. The van der Waals surface area contributed by atoms with Gasteiger partial charge in [0.25, 0.3) is 5.91 Å². The molecule has 4 aromatic rings. The summed E-state index contributed by atoms with van der Waals surface area (Å²) in [6.07, 6.45) is 3.79. The molecule has 5 rings (SSSR count). The Labute approximate surface area is 186 Å². The van der Waals surface area contributed by atoms with Gasteiger partial charge >= 0.3 is 0 Å². The van der Waals surface area contributed by atoms with E-state index in [0.717, 1.165) is 5.69 Å². The van der Waals surface area contributed by atoms with Gasteiger partial charge in [0.05, 0.1) is 39.5 Å². The first-order valence-electron chi connectivity index (χ1n) is 9.74. The van der Waals surface area contributed by atoms with Gasteiger partial charge in [-0.3, -0.25) is 4.79 Å². The molecular weight excluding hydrogens is 434 g/mol. The Morgan fingerprint density at radius 2 is 2.12 bits per heavy atom. The Bertz CT molecular complexity index is 1330. The van der Waals surface area contributed by atoms with Gasteiger partial charge in [-0.1, -0.05) is 17.7 Å². The van der Waals surface area contributed by atoms with Crippen LogP contribution in [0, 0.1) is 0 Å². The summed E-state index contributed by atoms with van der Waals surface area (Å²) in [7, 11) is 1.71. The van der Waals surface area contributed by atoms with Crippen molar-refractivity contribution in [2.45, 2.75) is 6.42 Å². The summed E-state index contributed by atoms with van der Waals surface area (Å²) in [5.41, 5.74) is 3.21. The van der Waals surface area contributed by atoms with Gasteiger partial charge in [-0.05, 0) is 18.2 Å². The number of hydrogen-bond acceptors (Lipinski definition) is 8. The number of aryl methyl sites for hydroxylation is 1.